The third-order valence-corrected chi connectivity index (χ3v) is 2.33. The lowest BCUT2D eigenvalue weighted by atomic mass is 10.4. The van der Waals surface area contributed by atoms with Crippen LogP contribution in [0.5, 0.6) is 0 Å². The van der Waals surface area contributed by atoms with Gasteiger partial charge in [0, 0.05) is 25.5 Å². The minimum atomic E-state index is -0.322. The maximum absolute atomic E-state index is 11.2. The van der Waals surface area contributed by atoms with E-state index in [0.29, 0.717) is 12.4 Å². The number of rotatable bonds is 5. The van der Waals surface area contributed by atoms with Crippen LogP contribution in [0, 0.1) is 0 Å². The number of H-pyrrole nitrogens is 1. The molecule has 0 unspecified atom stereocenters. The average molecular weight is 234 g/mol. The number of aryl methyl sites for hydroxylation is 1. The third-order valence-electron chi connectivity index (χ3n) is 2.33. The summed E-state index contributed by atoms with van der Waals surface area (Å²) in [7, 11) is 0. The number of nitrogen functional groups attached to an aromatic ring is 1. The van der Waals surface area contributed by atoms with Crippen molar-refractivity contribution in [2.24, 2.45) is 0 Å². The lowest BCUT2D eigenvalue weighted by molar-refractivity contribution is 0.660. The number of nitrogens with one attached hydrogen (secondary N) is 2. The molecule has 0 aliphatic heterocycles. The summed E-state index contributed by atoms with van der Waals surface area (Å²) < 4.78 is 1.98. The highest BCUT2D eigenvalue weighted by Gasteiger charge is 2.02. The van der Waals surface area contributed by atoms with Crippen molar-refractivity contribution in [2.45, 2.75) is 13.0 Å². The van der Waals surface area contributed by atoms with Crippen LogP contribution in [-0.2, 0) is 6.54 Å². The lowest BCUT2D eigenvalue weighted by Gasteiger charge is -2.07. The van der Waals surface area contributed by atoms with Crippen LogP contribution in [-0.4, -0.2) is 26.1 Å². The Bertz CT molecular complexity index is 518. The van der Waals surface area contributed by atoms with Crippen molar-refractivity contribution in [3.8, 4) is 0 Å². The quantitative estimate of drug-likeness (QED) is 0.634. The molecule has 0 amide bonds. The van der Waals surface area contributed by atoms with E-state index in [1.165, 1.54) is 6.33 Å². The topological polar surface area (TPSA) is 102 Å². The molecule has 0 aliphatic carbocycles. The molecule has 0 atom stereocenters. The standard InChI is InChI=1S/C10H14N6O/c11-8-9(14-6-15-10(8)17)13-2-1-4-16-5-3-12-7-16/h3,5-7H,1-2,4,11H2,(H2,13,14,15,17). The molecular weight excluding hydrogens is 220 g/mol. The molecule has 2 heterocycles. The average Bonchev–Trinajstić information content (AvgIpc) is 2.83. The van der Waals surface area contributed by atoms with Crippen LogP contribution in [0.15, 0.2) is 29.8 Å². The first kappa shape index (κ1) is 11.2. The van der Waals surface area contributed by atoms with E-state index in [-0.39, 0.29) is 11.2 Å². The number of nitrogens with zero attached hydrogens (tertiary/aromatic N) is 3. The van der Waals surface area contributed by atoms with Crippen LogP contribution in [0.1, 0.15) is 6.42 Å². The molecule has 90 valence electrons. The SMILES string of the molecule is Nc1c(NCCCn2ccnc2)nc[nH]c1=O. The molecule has 0 aliphatic rings. The molecule has 0 aromatic carbocycles. The summed E-state index contributed by atoms with van der Waals surface area (Å²) in [4.78, 5) is 21.5. The van der Waals surface area contributed by atoms with Crippen molar-refractivity contribution in [1.82, 2.24) is 19.5 Å². The molecular formula is C10H14N6O. The Hall–Kier alpha value is -2.31. The van der Waals surface area contributed by atoms with E-state index >= 15 is 0 Å². The van der Waals surface area contributed by atoms with Crippen molar-refractivity contribution in [3.05, 3.63) is 35.4 Å². The maximum atomic E-state index is 11.2. The van der Waals surface area contributed by atoms with Gasteiger partial charge in [-0.1, -0.05) is 0 Å². The fourth-order valence-corrected chi connectivity index (χ4v) is 1.44. The summed E-state index contributed by atoms with van der Waals surface area (Å²) in [6, 6.07) is 0. The first-order valence-electron chi connectivity index (χ1n) is 5.30. The summed E-state index contributed by atoms with van der Waals surface area (Å²) >= 11 is 0. The van der Waals surface area contributed by atoms with Crippen molar-refractivity contribution in [3.63, 3.8) is 0 Å². The summed E-state index contributed by atoms with van der Waals surface area (Å²) in [5.41, 5.74) is 5.37. The normalized spacial score (nSPS) is 10.4. The number of hydrogen-bond acceptors (Lipinski definition) is 5. The van der Waals surface area contributed by atoms with E-state index in [0.717, 1.165) is 13.0 Å². The first-order valence-corrected chi connectivity index (χ1v) is 5.30. The van der Waals surface area contributed by atoms with E-state index in [4.69, 9.17) is 5.73 Å². The van der Waals surface area contributed by atoms with Gasteiger partial charge in [0.1, 0.15) is 5.69 Å². The number of aromatic amines is 1. The Kier molecular flexibility index (Phi) is 3.39. The van der Waals surface area contributed by atoms with Crippen LogP contribution in [0.2, 0.25) is 0 Å². The minimum Gasteiger partial charge on any atom is -0.391 e. The fourth-order valence-electron chi connectivity index (χ4n) is 1.44. The Labute approximate surface area is 97.7 Å². The van der Waals surface area contributed by atoms with Gasteiger partial charge in [0.05, 0.1) is 12.7 Å². The van der Waals surface area contributed by atoms with Gasteiger partial charge in [-0.3, -0.25) is 4.79 Å². The molecule has 7 nitrogen and oxygen atoms in total. The van der Waals surface area contributed by atoms with Gasteiger partial charge in [-0.15, -0.1) is 0 Å². The van der Waals surface area contributed by atoms with Gasteiger partial charge < -0.3 is 20.6 Å². The zero-order chi connectivity index (χ0) is 12.1. The van der Waals surface area contributed by atoms with E-state index in [1.807, 2.05) is 10.8 Å². The van der Waals surface area contributed by atoms with Crippen LogP contribution < -0.4 is 16.6 Å². The molecule has 17 heavy (non-hydrogen) atoms. The predicted octanol–water partition coefficient (Wildman–Crippen LogP) is 0.0508. The van der Waals surface area contributed by atoms with Crippen LogP contribution in [0.4, 0.5) is 11.5 Å². The number of anilines is 2. The second-order valence-corrected chi connectivity index (χ2v) is 3.57. The van der Waals surface area contributed by atoms with Gasteiger partial charge in [0.25, 0.3) is 5.56 Å². The number of imidazole rings is 1. The Morgan fingerprint density at radius 3 is 3.18 bits per heavy atom. The summed E-state index contributed by atoms with van der Waals surface area (Å²) in [5, 5.41) is 3.03. The van der Waals surface area contributed by atoms with Gasteiger partial charge in [-0.25, -0.2) is 9.97 Å². The summed E-state index contributed by atoms with van der Waals surface area (Å²) in [6.45, 7) is 1.55. The number of aromatic nitrogens is 4. The van der Waals surface area contributed by atoms with Gasteiger partial charge >= 0.3 is 0 Å². The smallest absolute Gasteiger partial charge is 0.276 e. The zero-order valence-electron chi connectivity index (χ0n) is 9.26. The number of hydrogen-bond donors (Lipinski definition) is 3. The second-order valence-electron chi connectivity index (χ2n) is 3.57. The molecule has 4 N–H and O–H groups in total. The highest BCUT2D eigenvalue weighted by atomic mass is 16.1. The van der Waals surface area contributed by atoms with E-state index in [1.54, 1.807) is 12.5 Å². The van der Waals surface area contributed by atoms with Crippen LogP contribution in [0.3, 0.4) is 0 Å². The van der Waals surface area contributed by atoms with Gasteiger partial charge in [0.15, 0.2) is 5.82 Å². The highest BCUT2D eigenvalue weighted by molar-refractivity contribution is 5.58. The molecule has 0 saturated carbocycles. The molecule has 0 fully saturated rings. The summed E-state index contributed by atoms with van der Waals surface area (Å²) in [5.74, 6) is 0.430. The Morgan fingerprint density at radius 1 is 1.53 bits per heavy atom. The molecule has 0 radical (unpaired) electrons. The number of nitrogens with two attached hydrogens (primary N) is 1. The predicted molar refractivity (Wildman–Crippen MR) is 64.6 cm³/mol. The molecule has 0 spiro atoms. The summed E-state index contributed by atoms with van der Waals surface area (Å²) in [6.07, 6.45) is 7.63. The van der Waals surface area contributed by atoms with Gasteiger partial charge in [-0.2, -0.15) is 0 Å². The zero-order valence-corrected chi connectivity index (χ0v) is 9.26. The fraction of sp³-hybridized carbons (Fsp3) is 0.300. The van der Waals surface area contributed by atoms with Crippen LogP contribution in [0.25, 0.3) is 0 Å². The molecule has 2 aromatic rings. The highest BCUT2D eigenvalue weighted by Crippen LogP contribution is 2.06. The Balaban J connectivity index is 1.82. The third kappa shape index (κ3) is 2.83. The van der Waals surface area contributed by atoms with Gasteiger partial charge in [0.2, 0.25) is 0 Å². The Morgan fingerprint density at radius 2 is 2.41 bits per heavy atom. The largest absolute Gasteiger partial charge is 0.391 e. The second kappa shape index (κ2) is 5.15. The van der Waals surface area contributed by atoms with Crippen molar-refractivity contribution >= 4 is 11.5 Å². The molecule has 7 heteroatoms. The van der Waals surface area contributed by atoms with E-state index < -0.39 is 0 Å². The monoisotopic (exact) mass is 234 g/mol. The van der Waals surface area contributed by atoms with E-state index in [9.17, 15) is 4.79 Å². The van der Waals surface area contributed by atoms with Crippen molar-refractivity contribution < 1.29 is 0 Å². The van der Waals surface area contributed by atoms with Gasteiger partial charge in [-0.05, 0) is 6.42 Å². The molecule has 0 bridgehead atoms. The maximum Gasteiger partial charge on any atom is 0.276 e. The van der Waals surface area contributed by atoms with Crippen molar-refractivity contribution in [2.75, 3.05) is 17.6 Å². The van der Waals surface area contributed by atoms with Crippen molar-refractivity contribution in [1.29, 1.82) is 0 Å². The first-order chi connectivity index (χ1) is 8.27. The van der Waals surface area contributed by atoms with Crippen LogP contribution >= 0.6 is 0 Å². The van der Waals surface area contributed by atoms with E-state index in [2.05, 4.69) is 20.3 Å². The molecule has 2 aromatic heterocycles. The minimum absolute atomic E-state index is 0.120. The molecule has 0 saturated heterocycles. The lowest BCUT2D eigenvalue weighted by Crippen LogP contribution is -2.17. The molecule has 2 rings (SSSR count).